The number of halogens is 2. The van der Waals surface area contributed by atoms with Crippen molar-refractivity contribution in [3.05, 3.63) is 88.8 Å². The second kappa shape index (κ2) is 9.08. The van der Waals surface area contributed by atoms with Crippen molar-refractivity contribution in [2.24, 2.45) is 7.05 Å². The van der Waals surface area contributed by atoms with Crippen LogP contribution in [0.1, 0.15) is 0 Å². The fourth-order valence-electron chi connectivity index (χ4n) is 2.82. The van der Waals surface area contributed by atoms with Gasteiger partial charge in [0.15, 0.2) is 11.6 Å². The highest BCUT2D eigenvalue weighted by molar-refractivity contribution is 6.30. The summed E-state index contributed by atoms with van der Waals surface area (Å²) < 4.78 is 25.1. The Hall–Kier alpha value is -4.26. The maximum atomic E-state index is 14.1. The molecule has 2 aromatic carbocycles. The molecule has 14 heteroatoms. The summed E-state index contributed by atoms with van der Waals surface area (Å²) in [4.78, 5) is 60.3. The van der Waals surface area contributed by atoms with E-state index in [1.807, 2.05) is 0 Å². The zero-order valence-corrected chi connectivity index (χ0v) is 17.7. The number of carbonyl (C=O) groups excluding carboxylic acids is 1. The molecule has 0 saturated carbocycles. The number of hydrogen-bond acceptors (Lipinski definition) is 8. The Morgan fingerprint density at radius 3 is 2.42 bits per heavy atom. The van der Waals surface area contributed by atoms with Gasteiger partial charge in [0.1, 0.15) is 18.0 Å². The minimum atomic E-state index is -1.33. The lowest BCUT2D eigenvalue weighted by atomic mass is 10.2. The first kappa shape index (κ1) is 23.4. The van der Waals surface area contributed by atoms with E-state index in [1.165, 1.54) is 12.1 Å². The number of hydrogen-bond donors (Lipinski definition) is 0. The van der Waals surface area contributed by atoms with Crippen LogP contribution in [0.2, 0.25) is 5.02 Å². The van der Waals surface area contributed by atoms with Gasteiger partial charge < -0.3 is 9.47 Å². The fourth-order valence-corrected chi connectivity index (χ4v) is 2.98. The average molecular weight is 481 g/mol. The number of benzene rings is 2. The molecule has 172 valence electrons. The molecule has 0 fully saturated rings. The van der Waals surface area contributed by atoms with Gasteiger partial charge >= 0.3 is 23.0 Å². The Labute approximate surface area is 187 Å². The van der Waals surface area contributed by atoms with Crippen molar-refractivity contribution in [2.75, 3.05) is 7.11 Å². The van der Waals surface area contributed by atoms with Gasteiger partial charge in [0, 0.05) is 24.2 Å². The van der Waals surface area contributed by atoms with Crippen molar-refractivity contribution in [3.63, 3.8) is 0 Å². The predicted molar refractivity (Wildman–Crippen MR) is 112 cm³/mol. The van der Waals surface area contributed by atoms with Gasteiger partial charge in [0.25, 0.3) is 5.69 Å². The van der Waals surface area contributed by atoms with Gasteiger partial charge in [-0.15, -0.1) is 0 Å². The summed E-state index contributed by atoms with van der Waals surface area (Å²) in [5.74, 6) is -2.25. The van der Waals surface area contributed by atoms with E-state index in [4.69, 9.17) is 16.3 Å². The molecule has 0 radical (unpaired) electrons. The van der Waals surface area contributed by atoms with Gasteiger partial charge in [-0.3, -0.25) is 14.9 Å². The summed E-state index contributed by atoms with van der Waals surface area (Å²) in [6.45, 7) is -0.845. The van der Waals surface area contributed by atoms with Crippen LogP contribution >= 0.6 is 11.6 Å². The van der Waals surface area contributed by atoms with Crippen molar-refractivity contribution in [1.29, 1.82) is 0 Å². The third kappa shape index (κ3) is 4.52. The Bertz CT molecular complexity index is 1460. The Balaban J connectivity index is 2.27. The van der Waals surface area contributed by atoms with E-state index in [-0.39, 0.29) is 16.5 Å². The summed E-state index contributed by atoms with van der Waals surface area (Å²) >= 11 is 5.70. The van der Waals surface area contributed by atoms with Crippen molar-refractivity contribution < 1.29 is 23.6 Å². The van der Waals surface area contributed by atoms with E-state index < -0.39 is 51.7 Å². The highest BCUT2D eigenvalue weighted by atomic mass is 35.5. The number of rotatable bonds is 6. The number of nitro groups is 1. The van der Waals surface area contributed by atoms with Crippen LogP contribution in [0.3, 0.4) is 0 Å². The summed E-state index contributed by atoms with van der Waals surface area (Å²) in [5.41, 5.74) is -4.95. The van der Waals surface area contributed by atoms with Crippen LogP contribution in [-0.2, 0) is 23.1 Å². The summed E-state index contributed by atoms with van der Waals surface area (Å²) in [7, 11) is 2.04. The summed E-state index contributed by atoms with van der Waals surface area (Å²) in [5, 5.41) is 11.7. The SMILES string of the molecule is COC(=O)Cn1c(=O)n(C)c(=O)n(-c2cc(Oc3ccc(Cl)cc3F)ccc2[N+](=O)[O-])c1=O. The van der Waals surface area contributed by atoms with Gasteiger partial charge in [-0.05, 0) is 24.3 Å². The van der Waals surface area contributed by atoms with E-state index >= 15 is 0 Å². The molecule has 12 nitrogen and oxygen atoms in total. The number of carbonyl (C=O) groups is 1. The minimum absolute atomic E-state index is 0.104. The molecular weight excluding hydrogens is 467 g/mol. The second-order valence-electron chi connectivity index (χ2n) is 6.49. The molecule has 0 spiro atoms. The number of nitrogens with zero attached hydrogens (tertiary/aromatic N) is 4. The standard InChI is InChI=1S/C19H14ClFN4O8/c1-22-17(27)23(9-16(26)32-2)19(29)24(18(22)28)14-8-11(4-5-13(14)25(30)31)33-15-6-3-10(20)7-12(15)21/h3-8H,9H2,1-2H3. The fraction of sp³-hybridized carbons (Fsp3) is 0.158. The summed E-state index contributed by atoms with van der Waals surface area (Å²) in [6, 6.07) is 6.53. The number of nitro benzene ring substituents is 1. The van der Waals surface area contributed by atoms with Crippen LogP contribution in [0.5, 0.6) is 11.5 Å². The second-order valence-corrected chi connectivity index (χ2v) is 6.93. The molecule has 0 atom stereocenters. The number of esters is 1. The lowest BCUT2D eigenvalue weighted by Gasteiger charge is -2.13. The number of methoxy groups -OCH3 is 1. The first-order valence-electron chi connectivity index (χ1n) is 8.96. The molecule has 3 aromatic rings. The third-order valence-corrected chi connectivity index (χ3v) is 4.67. The molecule has 0 aliphatic carbocycles. The third-order valence-electron chi connectivity index (χ3n) is 4.44. The number of ether oxygens (including phenoxy) is 2. The molecule has 0 unspecified atom stereocenters. The normalized spacial score (nSPS) is 10.7. The molecular formula is C19H14ClFN4O8. The van der Waals surface area contributed by atoms with Crippen molar-refractivity contribution in [3.8, 4) is 17.2 Å². The monoisotopic (exact) mass is 480 g/mol. The van der Waals surface area contributed by atoms with E-state index in [0.29, 0.717) is 13.7 Å². The molecule has 33 heavy (non-hydrogen) atoms. The smallest absolute Gasteiger partial charge is 0.341 e. The zero-order chi connectivity index (χ0) is 24.4. The summed E-state index contributed by atoms with van der Waals surface area (Å²) in [6.07, 6.45) is 0. The zero-order valence-electron chi connectivity index (χ0n) is 17.0. The van der Waals surface area contributed by atoms with Crippen LogP contribution < -0.4 is 21.8 Å². The van der Waals surface area contributed by atoms with Crippen LogP contribution in [0.4, 0.5) is 10.1 Å². The van der Waals surface area contributed by atoms with E-state index in [0.717, 1.165) is 38.4 Å². The molecule has 0 aliphatic rings. The molecule has 1 heterocycles. The minimum Gasteiger partial charge on any atom is -0.468 e. The Morgan fingerprint density at radius 2 is 1.82 bits per heavy atom. The molecule has 3 rings (SSSR count). The van der Waals surface area contributed by atoms with E-state index in [1.54, 1.807) is 0 Å². The number of aromatic nitrogens is 3. The molecule has 0 bridgehead atoms. The topological polar surface area (TPSA) is 145 Å². The predicted octanol–water partition coefficient (Wildman–Crippen LogP) is 1.36. The quantitative estimate of drug-likeness (QED) is 0.292. The van der Waals surface area contributed by atoms with Gasteiger partial charge in [0.05, 0.1) is 12.0 Å². The highest BCUT2D eigenvalue weighted by Crippen LogP contribution is 2.31. The molecule has 1 aromatic heterocycles. The first-order valence-corrected chi connectivity index (χ1v) is 9.34. The van der Waals surface area contributed by atoms with E-state index in [2.05, 4.69) is 4.74 Å². The molecule has 0 aliphatic heterocycles. The van der Waals surface area contributed by atoms with Crippen LogP contribution in [0, 0.1) is 15.9 Å². The Kier molecular flexibility index (Phi) is 6.44. The van der Waals surface area contributed by atoms with E-state index in [9.17, 15) is 33.7 Å². The lowest BCUT2D eigenvalue weighted by Crippen LogP contribution is -2.53. The molecule has 0 N–H and O–H groups in total. The highest BCUT2D eigenvalue weighted by Gasteiger charge is 2.24. The van der Waals surface area contributed by atoms with Gasteiger partial charge in [-0.2, -0.15) is 0 Å². The van der Waals surface area contributed by atoms with Crippen LogP contribution in [-0.4, -0.2) is 31.7 Å². The molecule has 0 saturated heterocycles. The van der Waals surface area contributed by atoms with Crippen molar-refractivity contribution in [2.45, 2.75) is 6.54 Å². The Morgan fingerprint density at radius 1 is 1.12 bits per heavy atom. The van der Waals surface area contributed by atoms with Crippen LogP contribution in [0.15, 0.2) is 50.8 Å². The van der Waals surface area contributed by atoms with Crippen molar-refractivity contribution >= 4 is 23.3 Å². The maximum Gasteiger partial charge on any atom is 0.341 e. The van der Waals surface area contributed by atoms with Crippen LogP contribution in [0.25, 0.3) is 5.69 Å². The molecule has 0 amide bonds. The van der Waals surface area contributed by atoms with Gasteiger partial charge in [-0.25, -0.2) is 32.5 Å². The average Bonchev–Trinajstić information content (AvgIpc) is 2.77. The lowest BCUT2D eigenvalue weighted by molar-refractivity contribution is -0.384. The first-order chi connectivity index (χ1) is 15.5. The van der Waals surface area contributed by atoms with Crippen molar-refractivity contribution in [1.82, 2.24) is 13.7 Å². The maximum absolute atomic E-state index is 14.1. The van der Waals surface area contributed by atoms with Gasteiger partial charge in [0.2, 0.25) is 0 Å². The largest absolute Gasteiger partial charge is 0.468 e. The van der Waals surface area contributed by atoms with Gasteiger partial charge in [-0.1, -0.05) is 11.6 Å².